The molecule has 0 aliphatic carbocycles. The topological polar surface area (TPSA) is 83.8 Å². The zero-order valence-electron chi connectivity index (χ0n) is 10.6. The number of imidazole rings is 1. The number of rotatable bonds is 6. The summed E-state index contributed by atoms with van der Waals surface area (Å²) in [4.78, 5) is 17.1. The molecule has 20 heavy (non-hydrogen) atoms. The second kappa shape index (κ2) is 9.30. The summed E-state index contributed by atoms with van der Waals surface area (Å²) in [7, 11) is 0. The normalized spacial score (nSPS) is 9.40. The molecule has 110 valence electrons. The van der Waals surface area contributed by atoms with Crippen molar-refractivity contribution in [1.29, 1.82) is 0 Å². The van der Waals surface area contributed by atoms with Crippen molar-refractivity contribution in [2.24, 2.45) is 0 Å². The number of halogens is 2. The van der Waals surface area contributed by atoms with Crippen LogP contribution in [0.15, 0.2) is 36.8 Å². The predicted octanol–water partition coefficient (Wildman–Crippen LogP) is 2.49. The Labute approximate surface area is 129 Å². The van der Waals surface area contributed by atoms with Crippen LogP contribution in [-0.4, -0.2) is 21.4 Å². The lowest BCUT2D eigenvalue weighted by atomic mass is 10.2. The second-order valence-electron chi connectivity index (χ2n) is 3.93. The van der Waals surface area contributed by atoms with Crippen LogP contribution in [0.2, 0.25) is 0 Å². The molecule has 0 amide bonds. The van der Waals surface area contributed by atoms with E-state index in [9.17, 15) is 10.1 Å². The lowest BCUT2D eigenvalue weighted by Crippen LogP contribution is -2.16. The molecule has 0 radical (unpaired) electrons. The molecule has 0 spiro atoms. The van der Waals surface area contributed by atoms with Crippen LogP contribution < -0.4 is 5.32 Å². The lowest BCUT2D eigenvalue weighted by Gasteiger charge is -2.03. The third-order valence-corrected chi connectivity index (χ3v) is 2.60. The maximum atomic E-state index is 10.5. The highest BCUT2D eigenvalue weighted by atomic mass is 35.5. The van der Waals surface area contributed by atoms with Crippen molar-refractivity contribution < 1.29 is 4.92 Å². The van der Waals surface area contributed by atoms with Crippen LogP contribution in [0.1, 0.15) is 11.3 Å². The number of hydrogen-bond donors (Lipinski definition) is 2. The fraction of sp³-hybridized carbons (Fsp3) is 0.250. The van der Waals surface area contributed by atoms with E-state index in [-0.39, 0.29) is 30.5 Å². The van der Waals surface area contributed by atoms with Gasteiger partial charge in [0.15, 0.2) is 0 Å². The Morgan fingerprint density at radius 2 is 1.95 bits per heavy atom. The van der Waals surface area contributed by atoms with Crippen LogP contribution in [0.5, 0.6) is 0 Å². The minimum Gasteiger partial charge on any atom is -0.348 e. The number of nitro groups is 1. The first kappa shape index (κ1) is 18.4. The first-order valence-corrected chi connectivity index (χ1v) is 5.67. The molecule has 2 rings (SSSR count). The summed E-state index contributed by atoms with van der Waals surface area (Å²) in [5.41, 5.74) is 2.24. The van der Waals surface area contributed by atoms with Crippen molar-refractivity contribution in [2.75, 3.05) is 6.54 Å². The molecular weight excluding hydrogens is 303 g/mol. The van der Waals surface area contributed by atoms with Crippen molar-refractivity contribution in [2.45, 2.75) is 13.0 Å². The van der Waals surface area contributed by atoms with Crippen molar-refractivity contribution in [3.8, 4) is 0 Å². The predicted molar refractivity (Wildman–Crippen MR) is 81.6 cm³/mol. The van der Waals surface area contributed by atoms with Crippen LogP contribution in [0.3, 0.4) is 0 Å². The molecule has 0 fully saturated rings. The van der Waals surface area contributed by atoms with Gasteiger partial charge in [0.2, 0.25) is 0 Å². The van der Waals surface area contributed by atoms with Crippen LogP contribution in [0.4, 0.5) is 5.69 Å². The molecule has 6 nitrogen and oxygen atoms in total. The Morgan fingerprint density at radius 3 is 2.50 bits per heavy atom. The summed E-state index contributed by atoms with van der Waals surface area (Å²) in [6.45, 7) is 1.53. The maximum Gasteiger partial charge on any atom is 0.269 e. The smallest absolute Gasteiger partial charge is 0.269 e. The molecule has 0 bridgehead atoms. The third kappa shape index (κ3) is 5.56. The SMILES string of the molecule is Cl.Cl.O=[N+]([O-])c1ccc(CNCCc2cnc[nH]2)cc1. The summed E-state index contributed by atoms with van der Waals surface area (Å²) in [5.74, 6) is 0. The van der Waals surface area contributed by atoms with E-state index in [2.05, 4.69) is 15.3 Å². The van der Waals surface area contributed by atoms with Gasteiger partial charge in [-0.2, -0.15) is 0 Å². The Bertz CT molecular complexity index is 503. The number of nitrogens with zero attached hydrogens (tertiary/aromatic N) is 2. The molecule has 0 saturated carbocycles. The van der Waals surface area contributed by atoms with Gasteiger partial charge in [-0.1, -0.05) is 12.1 Å². The summed E-state index contributed by atoms with van der Waals surface area (Å²) < 4.78 is 0. The van der Waals surface area contributed by atoms with Gasteiger partial charge in [-0.25, -0.2) is 4.98 Å². The molecule has 0 aliphatic rings. The van der Waals surface area contributed by atoms with E-state index in [1.807, 2.05) is 0 Å². The fourth-order valence-corrected chi connectivity index (χ4v) is 1.61. The monoisotopic (exact) mass is 318 g/mol. The maximum absolute atomic E-state index is 10.5. The molecule has 2 aromatic rings. The largest absolute Gasteiger partial charge is 0.348 e. The van der Waals surface area contributed by atoms with Gasteiger partial charge in [-0.15, -0.1) is 24.8 Å². The average molecular weight is 319 g/mol. The molecule has 0 saturated heterocycles. The van der Waals surface area contributed by atoms with Crippen molar-refractivity contribution in [3.05, 3.63) is 58.2 Å². The molecule has 0 atom stereocenters. The molecule has 2 N–H and O–H groups in total. The average Bonchev–Trinajstić information content (AvgIpc) is 2.88. The Balaban J connectivity index is 0.00000180. The second-order valence-corrected chi connectivity index (χ2v) is 3.93. The highest BCUT2D eigenvalue weighted by Gasteiger charge is 2.03. The van der Waals surface area contributed by atoms with Crippen molar-refractivity contribution >= 4 is 30.5 Å². The van der Waals surface area contributed by atoms with Gasteiger partial charge in [-0.05, 0) is 5.56 Å². The number of nitro benzene ring substituents is 1. The summed E-state index contributed by atoms with van der Waals surface area (Å²) in [5, 5.41) is 13.8. The van der Waals surface area contributed by atoms with Crippen LogP contribution in [0.25, 0.3) is 0 Å². The van der Waals surface area contributed by atoms with Gasteiger partial charge < -0.3 is 10.3 Å². The zero-order valence-corrected chi connectivity index (χ0v) is 12.2. The van der Waals surface area contributed by atoms with Crippen LogP contribution in [-0.2, 0) is 13.0 Å². The van der Waals surface area contributed by atoms with Gasteiger partial charge in [0.25, 0.3) is 5.69 Å². The van der Waals surface area contributed by atoms with Gasteiger partial charge in [0, 0.05) is 43.5 Å². The Hall–Kier alpha value is -1.63. The van der Waals surface area contributed by atoms with Gasteiger partial charge in [-0.3, -0.25) is 10.1 Å². The Morgan fingerprint density at radius 1 is 1.25 bits per heavy atom. The standard InChI is InChI=1S/C12H14N4O2.2ClH/c17-16(18)12-3-1-10(2-4-12)7-13-6-5-11-8-14-9-15-11;;/h1-4,8-9,13H,5-7H2,(H,14,15);2*1H. The van der Waals surface area contributed by atoms with Gasteiger partial charge >= 0.3 is 0 Å². The summed E-state index contributed by atoms with van der Waals surface area (Å²) in [6, 6.07) is 6.57. The van der Waals surface area contributed by atoms with Crippen LogP contribution >= 0.6 is 24.8 Å². The van der Waals surface area contributed by atoms with E-state index in [4.69, 9.17) is 0 Å². The van der Waals surface area contributed by atoms with E-state index in [1.165, 1.54) is 12.1 Å². The minimum atomic E-state index is -0.393. The number of hydrogen-bond acceptors (Lipinski definition) is 4. The van der Waals surface area contributed by atoms with Crippen molar-refractivity contribution in [1.82, 2.24) is 15.3 Å². The fourth-order valence-electron chi connectivity index (χ4n) is 1.61. The number of aromatic amines is 1. The Kier molecular flexibility index (Phi) is 8.54. The molecular formula is C12H16Cl2N4O2. The van der Waals surface area contributed by atoms with Gasteiger partial charge in [0.1, 0.15) is 0 Å². The summed E-state index contributed by atoms with van der Waals surface area (Å²) in [6.07, 6.45) is 4.34. The van der Waals surface area contributed by atoms with Gasteiger partial charge in [0.05, 0.1) is 11.3 Å². The number of nitrogens with one attached hydrogen (secondary N) is 2. The molecule has 1 aromatic heterocycles. The summed E-state index contributed by atoms with van der Waals surface area (Å²) >= 11 is 0. The number of non-ortho nitro benzene ring substituents is 1. The van der Waals surface area contributed by atoms with Crippen LogP contribution in [0, 0.1) is 10.1 Å². The lowest BCUT2D eigenvalue weighted by molar-refractivity contribution is -0.384. The molecule has 1 heterocycles. The first-order chi connectivity index (χ1) is 8.75. The van der Waals surface area contributed by atoms with E-state index < -0.39 is 4.92 Å². The highest BCUT2D eigenvalue weighted by molar-refractivity contribution is 5.85. The molecule has 1 aromatic carbocycles. The number of H-pyrrole nitrogens is 1. The van der Waals surface area contributed by atoms with Crippen molar-refractivity contribution in [3.63, 3.8) is 0 Å². The van der Waals surface area contributed by atoms with E-state index in [0.717, 1.165) is 24.2 Å². The third-order valence-electron chi connectivity index (χ3n) is 2.60. The molecule has 0 aliphatic heterocycles. The van der Waals surface area contributed by atoms with E-state index in [1.54, 1.807) is 24.7 Å². The number of benzene rings is 1. The molecule has 8 heteroatoms. The highest BCUT2D eigenvalue weighted by Crippen LogP contribution is 2.11. The number of aromatic nitrogens is 2. The van der Waals surface area contributed by atoms with E-state index in [0.29, 0.717) is 6.54 Å². The minimum absolute atomic E-state index is 0. The molecule has 0 unspecified atom stereocenters. The quantitative estimate of drug-likeness (QED) is 0.487. The first-order valence-electron chi connectivity index (χ1n) is 5.67. The zero-order chi connectivity index (χ0) is 12.8. The van der Waals surface area contributed by atoms with E-state index >= 15 is 0 Å².